The van der Waals surface area contributed by atoms with Gasteiger partial charge in [0.25, 0.3) is 0 Å². The summed E-state index contributed by atoms with van der Waals surface area (Å²) in [5.41, 5.74) is 0. The Bertz CT molecular complexity index is 218. The van der Waals surface area contributed by atoms with Crippen molar-refractivity contribution in [2.45, 2.75) is 18.9 Å². The number of allylic oxidation sites excluding steroid dienone is 4. The fourth-order valence-corrected chi connectivity index (χ4v) is 2.22. The van der Waals surface area contributed by atoms with Crippen molar-refractivity contribution in [2.24, 2.45) is 11.8 Å². The molecule has 1 saturated heterocycles. The zero-order valence-corrected chi connectivity index (χ0v) is 8.41. The Morgan fingerprint density at radius 1 is 1.23 bits per heavy atom. The third-order valence-corrected chi connectivity index (χ3v) is 3.24. The number of hydrogen-bond donors (Lipinski definition) is 0. The van der Waals surface area contributed by atoms with E-state index in [2.05, 4.69) is 24.3 Å². The van der Waals surface area contributed by atoms with Crippen molar-refractivity contribution in [1.82, 2.24) is 0 Å². The van der Waals surface area contributed by atoms with Crippen LogP contribution in [0.15, 0.2) is 24.3 Å². The highest BCUT2D eigenvalue weighted by Crippen LogP contribution is 2.29. The SMILES string of the molecule is ClCC1C=CC=CC1CC1CCO1. The molecule has 13 heavy (non-hydrogen) atoms. The molecule has 1 fully saturated rings. The van der Waals surface area contributed by atoms with Crippen LogP contribution in [0.2, 0.25) is 0 Å². The molecule has 0 amide bonds. The van der Waals surface area contributed by atoms with Gasteiger partial charge >= 0.3 is 0 Å². The molecule has 0 aromatic heterocycles. The predicted molar refractivity (Wildman–Crippen MR) is 55.0 cm³/mol. The minimum atomic E-state index is 0.492. The van der Waals surface area contributed by atoms with Crippen LogP contribution in [0.1, 0.15) is 12.8 Å². The van der Waals surface area contributed by atoms with Gasteiger partial charge in [0.1, 0.15) is 0 Å². The second-order valence-corrected chi connectivity index (χ2v) is 4.08. The highest BCUT2D eigenvalue weighted by molar-refractivity contribution is 6.18. The Labute approximate surface area is 84.4 Å². The number of rotatable bonds is 3. The van der Waals surface area contributed by atoms with Crippen molar-refractivity contribution in [2.75, 3.05) is 12.5 Å². The first-order valence-corrected chi connectivity index (χ1v) is 5.46. The minimum Gasteiger partial charge on any atom is -0.378 e. The monoisotopic (exact) mass is 198 g/mol. The maximum Gasteiger partial charge on any atom is 0.0602 e. The Morgan fingerprint density at radius 3 is 2.46 bits per heavy atom. The predicted octanol–water partition coefficient (Wildman–Crippen LogP) is 2.76. The van der Waals surface area contributed by atoms with Crippen molar-refractivity contribution >= 4 is 11.6 Å². The molecule has 0 N–H and O–H groups in total. The van der Waals surface area contributed by atoms with Crippen LogP contribution < -0.4 is 0 Å². The average molecular weight is 199 g/mol. The van der Waals surface area contributed by atoms with Gasteiger partial charge in [0, 0.05) is 12.5 Å². The normalized spacial score (nSPS) is 37.5. The lowest BCUT2D eigenvalue weighted by atomic mass is 9.84. The highest BCUT2D eigenvalue weighted by atomic mass is 35.5. The third kappa shape index (κ3) is 2.15. The van der Waals surface area contributed by atoms with E-state index in [-0.39, 0.29) is 0 Å². The highest BCUT2D eigenvalue weighted by Gasteiger charge is 2.25. The van der Waals surface area contributed by atoms with Gasteiger partial charge in [-0.15, -0.1) is 11.6 Å². The summed E-state index contributed by atoms with van der Waals surface area (Å²) >= 11 is 5.89. The molecule has 0 saturated carbocycles. The zero-order valence-electron chi connectivity index (χ0n) is 7.66. The van der Waals surface area contributed by atoms with Gasteiger partial charge in [-0.25, -0.2) is 0 Å². The second-order valence-electron chi connectivity index (χ2n) is 3.77. The molecule has 0 bridgehead atoms. The summed E-state index contributed by atoms with van der Waals surface area (Å²) in [5.74, 6) is 1.82. The average Bonchev–Trinajstić information content (AvgIpc) is 2.12. The summed E-state index contributed by atoms with van der Waals surface area (Å²) in [4.78, 5) is 0. The lowest BCUT2D eigenvalue weighted by Gasteiger charge is -2.32. The first-order chi connectivity index (χ1) is 6.40. The second kappa shape index (κ2) is 4.30. The lowest BCUT2D eigenvalue weighted by molar-refractivity contribution is -0.0617. The number of hydrogen-bond acceptors (Lipinski definition) is 1. The largest absolute Gasteiger partial charge is 0.378 e. The molecule has 0 aromatic rings. The van der Waals surface area contributed by atoms with Gasteiger partial charge in [-0.3, -0.25) is 0 Å². The van der Waals surface area contributed by atoms with E-state index in [0.717, 1.165) is 18.9 Å². The van der Waals surface area contributed by atoms with Crippen molar-refractivity contribution in [3.05, 3.63) is 24.3 Å². The zero-order chi connectivity index (χ0) is 9.10. The lowest BCUT2D eigenvalue weighted by Crippen LogP contribution is -2.31. The molecule has 72 valence electrons. The van der Waals surface area contributed by atoms with E-state index in [1.807, 2.05) is 0 Å². The van der Waals surface area contributed by atoms with Crippen LogP contribution >= 0.6 is 11.6 Å². The van der Waals surface area contributed by atoms with Crippen LogP contribution in [0.25, 0.3) is 0 Å². The molecule has 0 spiro atoms. The van der Waals surface area contributed by atoms with E-state index in [1.54, 1.807) is 0 Å². The molecule has 2 aliphatic rings. The van der Waals surface area contributed by atoms with Gasteiger partial charge in [-0.2, -0.15) is 0 Å². The molecule has 3 atom stereocenters. The summed E-state index contributed by atoms with van der Waals surface area (Å²) in [6.45, 7) is 0.947. The third-order valence-electron chi connectivity index (χ3n) is 2.88. The van der Waals surface area contributed by atoms with Gasteiger partial charge < -0.3 is 4.74 Å². The molecule has 1 aliphatic carbocycles. The Balaban J connectivity index is 1.88. The molecule has 2 heteroatoms. The van der Waals surface area contributed by atoms with Crippen LogP contribution in [0.4, 0.5) is 0 Å². The molecule has 0 radical (unpaired) electrons. The van der Waals surface area contributed by atoms with Gasteiger partial charge in [0.05, 0.1) is 6.10 Å². The maximum absolute atomic E-state index is 5.89. The summed E-state index contributed by atoms with van der Waals surface area (Å²) in [7, 11) is 0. The summed E-state index contributed by atoms with van der Waals surface area (Å²) in [6.07, 6.45) is 11.5. The van der Waals surface area contributed by atoms with Gasteiger partial charge in [-0.1, -0.05) is 24.3 Å². The molecule has 1 nitrogen and oxygen atoms in total. The van der Waals surface area contributed by atoms with E-state index >= 15 is 0 Å². The van der Waals surface area contributed by atoms with Crippen LogP contribution in [0, 0.1) is 11.8 Å². The van der Waals surface area contributed by atoms with Gasteiger partial charge in [-0.05, 0) is 24.7 Å². The maximum atomic E-state index is 5.89. The molecule has 0 aromatic carbocycles. The van der Waals surface area contributed by atoms with Crippen molar-refractivity contribution in [3.8, 4) is 0 Å². The molecule has 3 unspecified atom stereocenters. The number of ether oxygens (including phenoxy) is 1. The molecular weight excluding hydrogens is 184 g/mol. The van der Waals surface area contributed by atoms with E-state index < -0.39 is 0 Å². The van der Waals surface area contributed by atoms with Crippen molar-refractivity contribution in [3.63, 3.8) is 0 Å². The summed E-state index contributed by atoms with van der Waals surface area (Å²) in [6, 6.07) is 0. The summed E-state index contributed by atoms with van der Waals surface area (Å²) in [5, 5.41) is 0. The van der Waals surface area contributed by atoms with Crippen LogP contribution in [0.5, 0.6) is 0 Å². The molecular formula is C11H15ClO. The number of alkyl halides is 1. The fourth-order valence-electron chi connectivity index (χ4n) is 1.89. The quantitative estimate of drug-likeness (QED) is 0.634. The van der Waals surface area contributed by atoms with E-state index in [4.69, 9.17) is 16.3 Å². The van der Waals surface area contributed by atoms with Crippen molar-refractivity contribution in [1.29, 1.82) is 0 Å². The Hall–Kier alpha value is -0.270. The fraction of sp³-hybridized carbons (Fsp3) is 0.636. The molecule has 1 heterocycles. The van der Waals surface area contributed by atoms with Crippen LogP contribution in [0.3, 0.4) is 0 Å². The minimum absolute atomic E-state index is 0.492. The van der Waals surface area contributed by atoms with Gasteiger partial charge in [0.2, 0.25) is 0 Å². The molecule has 2 rings (SSSR count). The summed E-state index contributed by atoms with van der Waals surface area (Å²) < 4.78 is 5.43. The number of halogens is 1. The van der Waals surface area contributed by atoms with Crippen LogP contribution in [-0.4, -0.2) is 18.6 Å². The van der Waals surface area contributed by atoms with E-state index in [1.165, 1.54) is 6.42 Å². The standard InChI is InChI=1S/C11H15ClO/c12-8-10-4-2-1-3-9(10)7-11-5-6-13-11/h1-4,9-11H,5-8H2. The van der Waals surface area contributed by atoms with Gasteiger partial charge in [0.15, 0.2) is 0 Å². The van der Waals surface area contributed by atoms with Crippen LogP contribution in [-0.2, 0) is 4.74 Å². The smallest absolute Gasteiger partial charge is 0.0602 e. The Morgan fingerprint density at radius 2 is 1.92 bits per heavy atom. The van der Waals surface area contributed by atoms with E-state index in [0.29, 0.717) is 17.9 Å². The van der Waals surface area contributed by atoms with Crippen molar-refractivity contribution < 1.29 is 4.74 Å². The Kier molecular flexibility index (Phi) is 3.07. The first-order valence-electron chi connectivity index (χ1n) is 4.92. The van der Waals surface area contributed by atoms with E-state index in [9.17, 15) is 0 Å². The molecule has 1 aliphatic heterocycles. The first kappa shape index (κ1) is 9.29. The topological polar surface area (TPSA) is 9.23 Å².